The third-order valence-electron chi connectivity index (χ3n) is 2.89. The molecule has 0 bridgehead atoms. The summed E-state index contributed by atoms with van der Waals surface area (Å²) in [4.78, 5) is 29.0. The van der Waals surface area contributed by atoms with Crippen molar-refractivity contribution < 1.29 is 4.79 Å². The van der Waals surface area contributed by atoms with Crippen LogP contribution < -0.4 is 22.6 Å². The Morgan fingerprint density at radius 3 is 2.54 bits per heavy atom. The van der Waals surface area contributed by atoms with Crippen LogP contribution in [0.2, 0.25) is 0 Å². The minimum absolute atomic E-state index is 0.0952. The van der Waals surface area contributed by atoms with E-state index in [0.717, 1.165) is 14.2 Å². The summed E-state index contributed by atoms with van der Waals surface area (Å²) in [5, 5.41) is 10.8. The number of rotatable bonds is 2. The lowest BCUT2D eigenvalue weighted by atomic mass is 10.2. The lowest BCUT2D eigenvalue weighted by molar-refractivity contribution is 0.0970. The summed E-state index contributed by atoms with van der Waals surface area (Å²) in [7, 11) is 1.44. The number of aryl methyl sites for hydroxylation is 1. The van der Waals surface area contributed by atoms with Gasteiger partial charge in [-0.25, -0.2) is 10.8 Å². The van der Waals surface area contributed by atoms with E-state index in [0.29, 0.717) is 5.69 Å². The molecule has 2 heterocycles. The first-order valence-corrected chi connectivity index (χ1v) is 8.43. The molecule has 0 aliphatic heterocycles. The van der Waals surface area contributed by atoms with E-state index in [2.05, 4.69) is 36.4 Å². The van der Waals surface area contributed by atoms with E-state index < -0.39 is 11.5 Å². The van der Waals surface area contributed by atoms with E-state index in [4.69, 9.17) is 11.7 Å². The zero-order chi connectivity index (χ0) is 19.9. The molecule has 140 valence electrons. The highest BCUT2D eigenvalue weighted by Gasteiger charge is 2.18. The average Bonchev–Trinajstić information content (AvgIpc) is 2.63. The van der Waals surface area contributed by atoms with Gasteiger partial charge in [0, 0.05) is 17.7 Å². The molecule has 2 aromatic rings. The van der Waals surface area contributed by atoms with Gasteiger partial charge in [0.05, 0.1) is 5.69 Å². The summed E-state index contributed by atoms with van der Waals surface area (Å²) in [5.74, 6) is 10.1. The third kappa shape index (κ3) is 5.10. The van der Waals surface area contributed by atoms with Crippen molar-refractivity contribution >= 4 is 27.8 Å². The lowest BCUT2D eigenvalue weighted by Gasteiger charge is -2.15. The summed E-state index contributed by atoms with van der Waals surface area (Å²) >= 11 is 3.26. The van der Waals surface area contributed by atoms with Crippen molar-refractivity contribution in [2.24, 2.45) is 16.8 Å². The van der Waals surface area contributed by atoms with Crippen LogP contribution in [0.1, 0.15) is 29.9 Å². The number of hydrogen-bond acceptors (Lipinski definition) is 7. The highest BCUT2D eigenvalue weighted by Crippen LogP contribution is 2.09. The van der Waals surface area contributed by atoms with Gasteiger partial charge in [0.1, 0.15) is 5.56 Å². The fourth-order valence-corrected chi connectivity index (χ4v) is 2.04. The van der Waals surface area contributed by atoms with Crippen molar-refractivity contribution in [3.05, 3.63) is 50.5 Å². The Kier molecular flexibility index (Phi) is 7.87. The Bertz CT molecular complexity index is 846. The van der Waals surface area contributed by atoms with Crippen LogP contribution in [0.5, 0.6) is 0 Å². The number of hydrazine groups is 1. The monoisotopic (exact) mass is 424 g/mol. The summed E-state index contributed by atoms with van der Waals surface area (Å²) in [6, 6.07) is 4.67. The molecule has 0 saturated heterocycles. The Labute approximate surface area is 159 Å². The molecule has 2 aromatic heterocycles. The molecule has 0 spiro atoms. The smallest absolute Gasteiger partial charge is 0.285 e. The van der Waals surface area contributed by atoms with Crippen molar-refractivity contribution in [1.82, 2.24) is 25.1 Å². The number of pyridine rings is 1. The van der Waals surface area contributed by atoms with Crippen LogP contribution in [0.15, 0.2) is 38.8 Å². The normalized spacial score (nSPS) is 10.6. The number of aromatic nitrogens is 3. The predicted molar refractivity (Wildman–Crippen MR) is 102 cm³/mol. The van der Waals surface area contributed by atoms with Gasteiger partial charge in [0.25, 0.3) is 11.5 Å². The number of nitrogens with zero attached hydrogens (tertiary/aromatic N) is 5. The van der Waals surface area contributed by atoms with Crippen molar-refractivity contribution in [3.63, 3.8) is 0 Å². The van der Waals surface area contributed by atoms with E-state index in [1.807, 2.05) is 13.8 Å². The number of carbonyl (C=O) groups excluding carboxylic acids is 1. The Morgan fingerprint density at radius 1 is 1.38 bits per heavy atom. The highest BCUT2D eigenvalue weighted by molar-refractivity contribution is 9.10. The largest absolute Gasteiger partial charge is 0.320 e. The van der Waals surface area contributed by atoms with Gasteiger partial charge >= 0.3 is 0 Å². The van der Waals surface area contributed by atoms with Gasteiger partial charge in [-0.3, -0.25) is 19.9 Å². The van der Waals surface area contributed by atoms with Crippen molar-refractivity contribution in [2.75, 3.05) is 7.05 Å². The maximum Gasteiger partial charge on any atom is 0.285 e. The molecule has 0 aliphatic rings. The van der Waals surface area contributed by atoms with E-state index >= 15 is 0 Å². The molecule has 11 heteroatoms. The van der Waals surface area contributed by atoms with Crippen LogP contribution in [0, 0.1) is 6.92 Å². The topological polar surface area (TPSA) is 145 Å². The SMILES string of the molecule is CC.Cc1cc(C(=O)N/C(=N/N)N(C)N)c(=O)n(-c2ccc(Br)cn2)n1. The molecule has 0 aromatic carbocycles. The number of nitrogens with two attached hydrogens (primary N) is 2. The fraction of sp³-hybridized carbons (Fsp3) is 0.267. The molecule has 0 saturated carbocycles. The number of nitrogens with one attached hydrogen (secondary N) is 1. The molecule has 10 nitrogen and oxygen atoms in total. The van der Waals surface area contributed by atoms with Gasteiger partial charge < -0.3 is 5.84 Å². The van der Waals surface area contributed by atoms with Gasteiger partial charge in [-0.05, 0) is 41.1 Å². The van der Waals surface area contributed by atoms with Crippen LogP contribution in [-0.2, 0) is 0 Å². The molecule has 0 aliphatic carbocycles. The van der Waals surface area contributed by atoms with Gasteiger partial charge in [-0.15, -0.1) is 5.10 Å². The van der Waals surface area contributed by atoms with Gasteiger partial charge in [-0.2, -0.15) is 9.78 Å². The minimum Gasteiger partial charge on any atom is -0.320 e. The first-order valence-electron chi connectivity index (χ1n) is 7.64. The highest BCUT2D eigenvalue weighted by atomic mass is 79.9. The number of hydrogen-bond donors (Lipinski definition) is 3. The second-order valence-electron chi connectivity index (χ2n) is 4.77. The number of amides is 1. The maximum absolute atomic E-state index is 12.6. The lowest BCUT2D eigenvalue weighted by Crippen LogP contribution is -2.47. The molecule has 0 unspecified atom stereocenters. The van der Waals surface area contributed by atoms with E-state index in [-0.39, 0.29) is 17.3 Å². The van der Waals surface area contributed by atoms with Crippen LogP contribution >= 0.6 is 15.9 Å². The number of halogens is 1. The Hall–Kier alpha value is -2.79. The summed E-state index contributed by atoms with van der Waals surface area (Å²) in [5.41, 5.74) is -0.323. The van der Waals surface area contributed by atoms with Gasteiger partial charge in [0.2, 0.25) is 5.96 Å². The number of hydrazone groups is 1. The first-order chi connectivity index (χ1) is 12.3. The second kappa shape index (κ2) is 9.63. The fourth-order valence-electron chi connectivity index (χ4n) is 1.81. The molecular formula is C15H21BrN8O2. The van der Waals surface area contributed by atoms with E-state index in [1.165, 1.54) is 19.3 Å². The van der Waals surface area contributed by atoms with Crippen LogP contribution in [-0.4, -0.2) is 38.7 Å². The third-order valence-corrected chi connectivity index (χ3v) is 3.36. The summed E-state index contributed by atoms with van der Waals surface area (Å²) in [6.45, 7) is 5.65. The van der Waals surface area contributed by atoms with Crippen LogP contribution in [0.4, 0.5) is 0 Å². The molecule has 1 amide bonds. The molecule has 26 heavy (non-hydrogen) atoms. The molecular weight excluding hydrogens is 404 g/mol. The Balaban J connectivity index is 0.00000163. The van der Waals surface area contributed by atoms with Crippen molar-refractivity contribution in [2.45, 2.75) is 20.8 Å². The first kappa shape index (κ1) is 21.3. The minimum atomic E-state index is -0.710. The quantitative estimate of drug-likeness (QED) is 0.275. The predicted octanol–water partition coefficient (Wildman–Crippen LogP) is 0.490. The Morgan fingerprint density at radius 2 is 2.04 bits per heavy atom. The summed E-state index contributed by atoms with van der Waals surface area (Å²) in [6.07, 6.45) is 1.52. The van der Waals surface area contributed by atoms with Gasteiger partial charge in [0.15, 0.2) is 5.82 Å². The molecule has 0 atom stereocenters. The number of guanidine groups is 1. The molecule has 0 fully saturated rings. The van der Waals surface area contributed by atoms with E-state index in [1.54, 1.807) is 19.1 Å². The summed E-state index contributed by atoms with van der Waals surface area (Å²) < 4.78 is 1.79. The van der Waals surface area contributed by atoms with E-state index in [9.17, 15) is 9.59 Å². The standard InChI is InChI=1S/C13H15BrN8O2.C2H6/c1-7-5-9(11(23)18-13(19-15)21(2)16)12(24)22(20-7)10-4-3-8(14)6-17-10;1-2/h3-6H,15-16H2,1-2H3,(H,18,19,23);1-2H3. The zero-order valence-corrected chi connectivity index (χ0v) is 16.5. The molecule has 2 rings (SSSR count). The van der Waals surface area contributed by atoms with Crippen LogP contribution in [0.25, 0.3) is 5.82 Å². The second-order valence-corrected chi connectivity index (χ2v) is 5.68. The average molecular weight is 425 g/mol. The molecule has 5 N–H and O–H groups in total. The van der Waals surface area contributed by atoms with Gasteiger partial charge in [-0.1, -0.05) is 13.8 Å². The maximum atomic E-state index is 12.6. The zero-order valence-electron chi connectivity index (χ0n) is 14.9. The van der Waals surface area contributed by atoms with Crippen LogP contribution in [0.3, 0.4) is 0 Å². The number of carbonyl (C=O) groups is 1. The van der Waals surface area contributed by atoms with Crippen molar-refractivity contribution in [1.29, 1.82) is 0 Å². The molecule has 0 radical (unpaired) electrons. The van der Waals surface area contributed by atoms with Crippen molar-refractivity contribution in [3.8, 4) is 5.82 Å².